The van der Waals surface area contributed by atoms with Crippen molar-refractivity contribution >= 4 is 28.1 Å². The predicted molar refractivity (Wildman–Crippen MR) is 122 cm³/mol. The lowest BCUT2D eigenvalue weighted by molar-refractivity contribution is 0.0951. The minimum absolute atomic E-state index is 0.128. The number of ether oxygens (including phenoxy) is 2. The van der Waals surface area contributed by atoms with Crippen molar-refractivity contribution in [1.29, 1.82) is 5.26 Å². The van der Waals surface area contributed by atoms with Crippen LogP contribution in [0.1, 0.15) is 32.6 Å². The molecule has 6 nitrogen and oxygen atoms in total. The van der Waals surface area contributed by atoms with E-state index in [0.717, 1.165) is 11.6 Å². The van der Waals surface area contributed by atoms with Gasteiger partial charge in [0, 0.05) is 10.0 Å². The standard InChI is InChI=1S/C24H19BrFN3O3/c1-15-3-5-16(6-4-15)14-32-23-11-20(25)18(10-22(23)31-2)13-28-29-24(30)19-8-7-17(12-27)9-21(19)26/h3-11,13H,14H2,1-2H3,(H,29,30)/b28-13-. The molecule has 1 amide bonds. The van der Waals surface area contributed by atoms with Crippen molar-refractivity contribution in [3.63, 3.8) is 0 Å². The Balaban J connectivity index is 1.70. The first-order valence-electron chi connectivity index (χ1n) is 9.50. The summed E-state index contributed by atoms with van der Waals surface area (Å²) in [5, 5.41) is 12.7. The Labute approximate surface area is 193 Å². The van der Waals surface area contributed by atoms with Crippen molar-refractivity contribution in [2.24, 2.45) is 5.10 Å². The van der Waals surface area contributed by atoms with Gasteiger partial charge in [-0.05, 0) is 58.7 Å². The second kappa shape index (κ2) is 10.6. The molecule has 8 heteroatoms. The number of hydrazone groups is 1. The molecule has 0 heterocycles. The lowest BCUT2D eigenvalue weighted by atomic mass is 10.1. The minimum atomic E-state index is -0.797. The van der Waals surface area contributed by atoms with E-state index in [1.165, 1.54) is 31.0 Å². The molecule has 0 saturated heterocycles. The zero-order chi connectivity index (χ0) is 23.1. The average molecular weight is 496 g/mol. The molecule has 32 heavy (non-hydrogen) atoms. The van der Waals surface area contributed by atoms with E-state index in [2.05, 4.69) is 26.5 Å². The molecule has 0 aromatic heterocycles. The van der Waals surface area contributed by atoms with Crippen molar-refractivity contribution in [2.75, 3.05) is 7.11 Å². The van der Waals surface area contributed by atoms with E-state index < -0.39 is 11.7 Å². The normalized spacial score (nSPS) is 10.6. The van der Waals surface area contributed by atoms with E-state index in [1.54, 1.807) is 12.1 Å². The van der Waals surface area contributed by atoms with Crippen molar-refractivity contribution in [3.8, 4) is 17.6 Å². The monoisotopic (exact) mass is 495 g/mol. The van der Waals surface area contributed by atoms with E-state index in [4.69, 9.17) is 14.7 Å². The smallest absolute Gasteiger partial charge is 0.274 e. The number of methoxy groups -OCH3 is 1. The zero-order valence-corrected chi connectivity index (χ0v) is 18.9. The molecule has 0 saturated carbocycles. The van der Waals surface area contributed by atoms with Gasteiger partial charge in [-0.2, -0.15) is 10.4 Å². The van der Waals surface area contributed by atoms with Gasteiger partial charge >= 0.3 is 0 Å². The molecule has 3 aromatic carbocycles. The van der Waals surface area contributed by atoms with Crippen molar-refractivity contribution in [1.82, 2.24) is 5.43 Å². The van der Waals surface area contributed by atoms with E-state index in [9.17, 15) is 9.18 Å². The quantitative estimate of drug-likeness (QED) is 0.364. The van der Waals surface area contributed by atoms with E-state index >= 15 is 0 Å². The summed E-state index contributed by atoms with van der Waals surface area (Å²) in [6.45, 7) is 2.40. The highest BCUT2D eigenvalue weighted by molar-refractivity contribution is 9.10. The first kappa shape index (κ1) is 23.0. The van der Waals surface area contributed by atoms with Crippen LogP contribution in [0.15, 0.2) is 64.2 Å². The van der Waals surface area contributed by atoms with Crippen molar-refractivity contribution in [3.05, 3.63) is 92.7 Å². The molecule has 0 aliphatic rings. The van der Waals surface area contributed by atoms with Crippen LogP contribution in [0.5, 0.6) is 11.5 Å². The number of nitrogens with one attached hydrogen (secondary N) is 1. The average Bonchev–Trinajstić information content (AvgIpc) is 2.79. The summed E-state index contributed by atoms with van der Waals surface area (Å²) < 4.78 is 25.9. The van der Waals surface area contributed by atoms with Gasteiger partial charge in [-0.15, -0.1) is 0 Å². The number of carbonyl (C=O) groups is 1. The summed E-state index contributed by atoms with van der Waals surface area (Å²) in [5.74, 6) is -0.494. The van der Waals surface area contributed by atoms with E-state index in [0.29, 0.717) is 28.1 Å². The van der Waals surface area contributed by atoms with Crippen LogP contribution >= 0.6 is 15.9 Å². The van der Waals surface area contributed by atoms with E-state index in [1.807, 2.05) is 37.3 Å². The summed E-state index contributed by atoms with van der Waals surface area (Å²) in [4.78, 5) is 12.2. The third kappa shape index (κ3) is 5.71. The number of amides is 1. The van der Waals surface area contributed by atoms with Gasteiger partial charge in [0.2, 0.25) is 0 Å². The highest BCUT2D eigenvalue weighted by atomic mass is 79.9. The Hall–Kier alpha value is -3.70. The number of carbonyl (C=O) groups excluding carboxylic acids is 1. The molecule has 3 rings (SSSR count). The van der Waals surface area contributed by atoms with Gasteiger partial charge in [0.25, 0.3) is 5.91 Å². The third-order valence-electron chi connectivity index (χ3n) is 4.51. The summed E-state index contributed by atoms with van der Waals surface area (Å²) in [7, 11) is 1.53. The van der Waals surface area contributed by atoms with Gasteiger partial charge in [-0.25, -0.2) is 9.82 Å². The van der Waals surface area contributed by atoms with Gasteiger partial charge in [0.05, 0.1) is 30.5 Å². The second-order valence-electron chi connectivity index (χ2n) is 6.80. The number of nitriles is 1. The molecule has 0 atom stereocenters. The SMILES string of the molecule is COc1cc(/C=N\NC(=O)c2ccc(C#N)cc2F)c(Br)cc1OCc1ccc(C)cc1. The molecule has 0 unspecified atom stereocenters. The zero-order valence-electron chi connectivity index (χ0n) is 17.4. The maximum Gasteiger partial charge on any atom is 0.274 e. The molecular weight excluding hydrogens is 477 g/mol. The fourth-order valence-electron chi connectivity index (χ4n) is 2.76. The highest BCUT2D eigenvalue weighted by Gasteiger charge is 2.13. The lowest BCUT2D eigenvalue weighted by Gasteiger charge is -2.13. The minimum Gasteiger partial charge on any atom is -0.493 e. The Kier molecular flexibility index (Phi) is 7.58. The summed E-state index contributed by atoms with van der Waals surface area (Å²) in [6.07, 6.45) is 1.40. The van der Waals surface area contributed by atoms with Crippen LogP contribution in [0.2, 0.25) is 0 Å². The van der Waals surface area contributed by atoms with Crippen LogP contribution in [0, 0.1) is 24.1 Å². The third-order valence-corrected chi connectivity index (χ3v) is 5.20. The fraction of sp³-hybridized carbons (Fsp3) is 0.125. The number of hydrogen-bond donors (Lipinski definition) is 1. The lowest BCUT2D eigenvalue weighted by Crippen LogP contribution is -2.19. The topological polar surface area (TPSA) is 83.7 Å². The van der Waals surface area contributed by atoms with Gasteiger partial charge in [-0.3, -0.25) is 4.79 Å². The first-order valence-corrected chi connectivity index (χ1v) is 10.3. The molecule has 162 valence electrons. The summed E-state index contributed by atoms with van der Waals surface area (Å²) >= 11 is 3.46. The van der Waals surface area contributed by atoms with Gasteiger partial charge in [-0.1, -0.05) is 29.8 Å². The molecule has 0 aliphatic carbocycles. The number of hydrogen-bond acceptors (Lipinski definition) is 5. The van der Waals surface area contributed by atoms with Crippen LogP contribution in [-0.2, 0) is 6.61 Å². The molecule has 0 aliphatic heterocycles. The number of halogens is 2. The molecule has 3 aromatic rings. The number of aryl methyl sites for hydroxylation is 1. The van der Waals surface area contributed by atoms with Crippen LogP contribution in [0.3, 0.4) is 0 Å². The molecular formula is C24H19BrFN3O3. The molecule has 0 spiro atoms. The summed E-state index contributed by atoms with van der Waals surface area (Å²) in [6, 6.07) is 16.9. The second-order valence-corrected chi connectivity index (χ2v) is 7.66. The van der Waals surface area contributed by atoms with Crippen LogP contribution < -0.4 is 14.9 Å². The van der Waals surface area contributed by atoms with Crippen LogP contribution in [0.4, 0.5) is 4.39 Å². The molecule has 0 radical (unpaired) electrons. The van der Waals surface area contributed by atoms with Crippen LogP contribution in [-0.4, -0.2) is 19.2 Å². The van der Waals surface area contributed by atoms with Gasteiger partial charge in [0.15, 0.2) is 11.5 Å². The Morgan fingerprint density at radius 3 is 2.59 bits per heavy atom. The number of rotatable bonds is 7. The molecule has 0 fully saturated rings. The number of benzene rings is 3. The Morgan fingerprint density at radius 1 is 1.19 bits per heavy atom. The first-order chi connectivity index (χ1) is 15.4. The number of nitrogens with zero attached hydrogens (tertiary/aromatic N) is 2. The Bertz CT molecular complexity index is 1200. The van der Waals surface area contributed by atoms with Crippen molar-refractivity contribution in [2.45, 2.75) is 13.5 Å². The maximum atomic E-state index is 14.0. The molecule has 0 bridgehead atoms. The predicted octanol–water partition coefficient (Wildman–Crippen LogP) is 5.12. The Morgan fingerprint density at radius 2 is 1.94 bits per heavy atom. The largest absolute Gasteiger partial charge is 0.493 e. The van der Waals surface area contributed by atoms with Crippen LogP contribution in [0.25, 0.3) is 0 Å². The van der Waals surface area contributed by atoms with Gasteiger partial charge in [0.1, 0.15) is 12.4 Å². The highest BCUT2D eigenvalue weighted by Crippen LogP contribution is 2.33. The van der Waals surface area contributed by atoms with Crippen molar-refractivity contribution < 1.29 is 18.7 Å². The summed E-state index contributed by atoms with van der Waals surface area (Å²) in [5.41, 5.74) is 5.00. The molecule has 1 N–H and O–H groups in total. The van der Waals surface area contributed by atoms with Gasteiger partial charge < -0.3 is 9.47 Å². The van der Waals surface area contributed by atoms with E-state index in [-0.39, 0.29) is 11.1 Å². The maximum absolute atomic E-state index is 14.0. The fourth-order valence-corrected chi connectivity index (χ4v) is 3.18.